The van der Waals surface area contributed by atoms with E-state index in [0.29, 0.717) is 23.4 Å². The molecule has 2 N–H and O–H groups in total. The summed E-state index contributed by atoms with van der Waals surface area (Å²) in [7, 11) is 2.86. The number of amides is 4. The molecule has 0 aliphatic carbocycles. The Kier molecular flexibility index (Phi) is 7.65. The van der Waals surface area contributed by atoms with Gasteiger partial charge in [-0.05, 0) is 35.4 Å². The van der Waals surface area contributed by atoms with E-state index in [9.17, 15) is 19.2 Å². The monoisotopic (exact) mass is 449 g/mol. The topological polar surface area (TPSA) is 114 Å². The number of nitrogens with zero attached hydrogens (tertiary/aromatic N) is 1. The summed E-state index contributed by atoms with van der Waals surface area (Å²) in [4.78, 5) is 48.3. The fourth-order valence-electron chi connectivity index (χ4n) is 3.33. The molecular formula is C24H23N3O6. The minimum absolute atomic E-state index is 0.121. The predicted octanol–water partition coefficient (Wildman–Crippen LogP) is 1.24. The van der Waals surface area contributed by atoms with Gasteiger partial charge in [-0.1, -0.05) is 30.0 Å². The summed E-state index contributed by atoms with van der Waals surface area (Å²) in [5.74, 6) is 5.95. The van der Waals surface area contributed by atoms with E-state index >= 15 is 0 Å². The van der Waals surface area contributed by atoms with Crippen molar-refractivity contribution < 1.29 is 28.7 Å². The van der Waals surface area contributed by atoms with Crippen molar-refractivity contribution in [1.82, 2.24) is 15.5 Å². The number of hydrogen-bond donors (Lipinski definition) is 2. The van der Waals surface area contributed by atoms with Gasteiger partial charge in [0.25, 0.3) is 5.91 Å². The third-order valence-electron chi connectivity index (χ3n) is 5.01. The average molecular weight is 449 g/mol. The maximum Gasteiger partial charge on any atom is 0.322 e. The van der Waals surface area contributed by atoms with Crippen molar-refractivity contribution in [3.05, 3.63) is 64.7 Å². The highest BCUT2D eigenvalue weighted by atomic mass is 16.5. The smallest absolute Gasteiger partial charge is 0.322 e. The summed E-state index contributed by atoms with van der Waals surface area (Å²) < 4.78 is 9.84. The number of benzene rings is 2. The molecule has 9 heteroatoms. The Labute approximate surface area is 191 Å². The number of fused-ring (bicyclic) bond motifs is 1. The van der Waals surface area contributed by atoms with Crippen molar-refractivity contribution in [3.8, 4) is 17.6 Å². The standard InChI is InChI=1S/C24H23N3O6/c1-32-20-10-8-18-13-27(23(30)21(18)12-20)14-19(26-24(31)25-15-28)9-7-16-3-5-17(6-4-16)11-22(29)33-2/h3-6,8,10,12,15,19H,11,13-14H2,1-2H3,(H2,25,26,28,31)/t19-/m1/s1. The van der Waals surface area contributed by atoms with Crippen LogP contribution in [-0.4, -0.2) is 56.0 Å². The van der Waals surface area contributed by atoms with Crippen LogP contribution in [0.1, 0.15) is 27.0 Å². The van der Waals surface area contributed by atoms with Gasteiger partial charge in [0.05, 0.1) is 27.2 Å². The molecule has 0 spiro atoms. The van der Waals surface area contributed by atoms with E-state index in [1.165, 1.54) is 14.2 Å². The van der Waals surface area contributed by atoms with E-state index in [1.807, 2.05) is 11.4 Å². The van der Waals surface area contributed by atoms with Crippen molar-refractivity contribution in [1.29, 1.82) is 0 Å². The molecule has 9 nitrogen and oxygen atoms in total. The number of rotatable bonds is 7. The highest BCUT2D eigenvalue weighted by Gasteiger charge is 2.29. The number of hydrogen-bond acceptors (Lipinski definition) is 6. The van der Waals surface area contributed by atoms with E-state index < -0.39 is 12.1 Å². The van der Waals surface area contributed by atoms with Gasteiger partial charge in [-0.3, -0.25) is 19.7 Å². The summed E-state index contributed by atoms with van der Waals surface area (Å²) in [5.41, 5.74) is 2.83. The van der Waals surface area contributed by atoms with E-state index in [-0.39, 0.29) is 31.3 Å². The first kappa shape index (κ1) is 23.3. The van der Waals surface area contributed by atoms with Gasteiger partial charge in [-0.2, -0.15) is 0 Å². The summed E-state index contributed by atoms with van der Waals surface area (Å²) >= 11 is 0. The van der Waals surface area contributed by atoms with Crippen molar-refractivity contribution >= 4 is 24.3 Å². The van der Waals surface area contributed by atoms with E-state index in [0.717, 1.165) is 11.1 Å². The summed E-state index contributed by atoms with van der Waals surface area (Å²) in [5, 5.41) is 4.61. The lowest BCUT2D eigenvalue weighted by Gasteiger charge is -2.21. The van der Waals surface area contributed by atoms with Crippen LogP contribution in [0.25, 0.3) is 0 Å². The van der Waals surface area contributed by atoms with Crippen molar-refractivity contribution in [2.24, 2.45) is 0 Å². The Morgan fingerprint density at radius 3 is 2.61 bits per heavy atom. The molecule has 1 aliphatic heterocycles. The van der Waals surface area contributed by atoms with Gasteiger partial charge in [0.2, 0.25) is 6.41 Å². The Balaban J connectivity index is 1.75. The fourth-order valence-corrected chi connectivity index (χ4v) is 3.33. The molecule has 2 aromatic rings. The van der Waals surface area contributed by atoms with Crippen LogP contribution in [0.3, 0.4) is 0 Å². The molecule has 0 saturated heterocycles. The Morgan fingerprint density at radius 2 is 1.94 bits per heavy atom. The van der Waals surface area contributed by atoms with Gasteiger partial charge >= 0.3 is 12.0 Å². The first-order valence-electron chi connectivity index (χ1n) is 10.1. The molecule has 1 heterocycles. The molecule has 0 radical (unpaired) electrons. The molecule has 0 aromatic heterocycles. The van der Waals surface area contributed by atoms with Crippen LogP contribution in [0.4, 0.5) is 4.79 Å². The molecule has 2 aromatic carbocycles. The minimum atomic E-state index is -0.736. The predicted molar refractivity (Wildman–Crippen MR) is 118 cm³/mol. The number of methoxy groups -OCH3 is 2. The number of urea groups is 1. The zero-order chi connectivity index (χ0) is 23.8. The Morgan fingerprint density at radius 1 is 1.18 bits per heavy atom. The van der Waals surface area contributed by atoms with Gasteiger partial charge in [0.15, 0.2) is 0 Å². The highest BCUT2D eigenvalue weighted by Crippen LogP contribution is 2.26. The molecule has 4 amide bonds. The molecular weight excluding hydrogens is 426 g/mol. The largest absolute Gasteiger partial charge is 0.497 e. The number of esters is 1. The number of ether oxygens (including phenoxy) is 2. The second-order valence-corrected chi connectivity index (χ2v) is 7.22. The second kappa shape index (κ2) is 10.8. The van der Waals surface area contributed by atoms with Crippen LogP contribution in [0.2, 0.25) is 0 Å². The van der Waals surface area contributed by atoms with Crippen LogP contribution in [0, 0.1) is 11.8 Å². The molecule has 1 atom stereocenters. The molecule has 3 rings (SSSR count). The van der Waals surface area contributed by atoms with E-state index in [2.05, 4.69) is 21.9 Å². The Bertz CT molecular complexity index is 1120. The van der Waals surface area contributed by atoms with Gasteiger partial charge in [0.1, 0.15) is 11.8 Å². The molecule has 0 fully saturated rings. The van der Waals surface area contributed by atoms with Crippen LogP contribution >= 0.6 is 0 Å². The molecule has 170 valence electrons. The number of carbonyl (C=O) groups excluding carboxylic acids is 4. The van der Waals surface area contributed by atoms with Gasteiger partial charge in [-0.15, -0.1) is 0 Å². The maximum atomic E-state index is 12.8. The number of imide groups is 1. The van der Waals surface area contributed by atoms with Crippen LogP contribution in [0.5, 0.6) is 5.75 Å². The SMILES string of the molecule is COC(=O)Cc1ccc(C#C[C@H](CN2Cc3ccc(OC)cc3C2=O)NC(=O)NC=O)cc1. The summed E-state index contributed by atoms with van der Waals surface area (Å²) in [6, 6.07) is 10.9. The third kappa shape index (κ3) is 6.11. The zero-order valence-electron chi connectivity index (χ0n) is 18.2. The minimum Gasteiger partial charge on any atom is -0.497 e. The van der Waals surface area contributed by atoms with Gasteiger partial charge < -0.3 is 19.7 Å². The second-order valence-electron chi connectivity index (χ2n) is 7.22. The normalized spacial score (nSPS) is 12.7. The summed E-state index contributed by atoms with van der Waals surface area (Å²) in [6.07, 6.45) is 0.422. The first-order chi connectivity index (χ1) is 15.9. The fraction of sp³-hybridized carbons (Fsp3) is 0.250. The van der Waals surface area contributed by atoms with Crippen molar-refractivity contribution in [2.45, 2.75) is 19.0 Å². The maximum absolute atomic E-state index is 12.8. The Hall–Kier alpha value is -4.32. The summed E-state index contributed by atoms with van der Waals surface area (Å²) in [6.45, 7) is 0.491. The van der Waals surface area contributed by atoms with Crippen molar-refractivity contribution in [2.75, 3.05) is 20.8 Å². The van der Waals surface area contributed by atoms with Crippen LogP contribution < -0.4 is 15.4 Å². The van der Waals surface area contributed by atoms with Crippen LogP contribution in [0.15, 0.2) is 42.5 Å². The lowest BCUT2D eigenvalue weighted by Crippen LogP contribution is -2.46. The van der Waals surface area contributed by atoms with Gasteiger partial charge in [-0.25, -0.2) is 4.79 Å². The van der Waals surface area contributed by atoms with E-state index in [4.69, 9.17) is 4.74 Å². The zero-order valence-corrected chi connectivity index (χ0v) is 18.2. The highest BCUT2D eigenvalue weighted by molar-refractivity contribution is 5.98. The lowest BCUT2D eigenvalue weighted by molar-refractivity contribution is -0.139. The molecule has 0 saturated carbocycles. The number of nitrogens with one attached hydrogen (secondary N) is 2. The lowest BCUT2D eigenvalue weighted by atomic mass is 10.1. The average Bonchev–Trinajstić information content (AvgIpc) is 3.12. The van der Waals surface area contributed by atoms with Crippen LogP contribution in [-0.2, 0) is 27.3 Å². The number of carbonyl (C=O) groups is 4. The van der Waals surface area contributed by atoms with E-state index in [1.54, 1.807) is 41.3 Å². The quantitative estimate of drug-likeness (QED) is 0.374. The molecule has 0 bridgehead atoms. The molecule has 33 heavy (non-hydrogen) atoms. The molecule has 1 aliphatic rings. The first-order valence-corrected chi connectivity index (χ1v) is 10.1. The third-order valence-corrected chi connectivity index (χ3v) is 5.01. The van der Waals surface area contributed by atoms with Gasteiger partial charge in [0, 0.05) is 17.7 Å². The molecule has 0 unspecified atom stereocenters. The van der Waals surface area contributed by atoms with Crippen molar-refractivity contribution in [3.63, 3.8) is 0 Å².